The van der Waals surface area contributed by atoms with Crippen molar-refractivity contribution in [3.63, 3.8) is 0 Å². The highest BCUT2D eigenvalue weighted by atomic mass is 127. The van der Waals surface area contributed by atoms with E-state index in [0.717, 1.165) is 19.7 Å². The van der Waals surface area contributed by atoms with Crippen LogP contribution >= 0.6 is 22.6 Å². The Morgan fingerprint density at radius 2 is 2.18 bits per heavy atom. The third-order valence-electron chi connectivity index (χ3n) is 3.71. The van der Waals surface area contributed by atoms with Gasteiger partial charge in [0.1, 0.15) is 16.4 Å². The first-order valence-corrected chi connectivity index (χ1v) is 7.44. The molecular weight excluding hydrogens is 336 g/mol. The average molecular weight is 357 g/mol. The molecule has 1 saturated carbocycles. The Morgan fingerprint density at radius 1 is 1.47 bits per heavy atom. The van der Waals surface area contributed by atoms with Crippen LogP contribution in [0.3, 0.4) is 0 Å². The van der Waals surface area contributed by atoms with Crippen molar-refractivity contribution in [1.82, 2.24) is 4.90 Å². The van der Waals surface area contributed by atoms with Gasteiger partial charge in [-0.15, -0.1) is 0 Å². The fourth-order valence-corrected chi connectivity index (χ4v) is 2.63. The first kappa shape index (κ1) is 14.0. The van der Waals surface area contributed by atoms with Gasteiger partial charge in [0.2, 0.25) is 0 Å². The number of ether oxygens (including phenoxy) is 2. The van der Waals surface area contributed by atoms with Crippen LogP contribution in [0, 0.1) is 5.41 Å². The van der Waals surface area contributed by atoms with Gasteiger partial charge < -0.3 is 9.47 Å². The van der Waals surface area contributed by atoms with Crippen LogP contribution in [0.25, 0.3) is 0 Å². The van der Waals surface area contributed by atoms with Gasteiger partial charge >= 0.3 is 0 Å². The van der Waals surface area contributed by atoms with Gasteiger partial charge in [0, 0.05) is 32.2 Å². The van der Waals surface area contributed by atoms with E-state index in [2.05, 4.69) is 27.5 Å². The number of methoxy groups -OCH3 is 1. The number of halogens is 2. The van der Waals surface area contributed by atoms with E-state index in [0.29, 0.717) is 12.0 Å². The van der Waals surface area contributed by atoms with Crippen molar-refractivity contribution in [2.24, 2.45) is 5.41 Å². The number of nitrogens with zero attached hydrogens (tertiary/aromatic N) is 1. The zero-order valence-electron chi connectivity index (χ0n) is 10.5. The minimum atomic E-state index is -0.833. The lowest BCUT2D eigenvalue weighted by molar-refractivity contribution is 0.0568. The first-order valence-electron chi connectivity index (χ1n) is 6.19. The molecule has 17 heavy (non-hydrogen) atoms. The number of likely N-dealkylation sites (tertiary alicyclic amines) is 1. The van der Waals surface area contributed by atoms with E-state index in [1.165, 1.54) is 12.8 Å². The largest absolute Gasteiger partial charge is 0.377 e. The number of hydrogen-bond acceptors (Lipinski definition) is 3. The molecule has 0 radical (unpaired) electrons. The van der Waals surface area contributed by atoms with Gasteiger partial charge in [-0.2, -0.15) is 0 Å². The lowest BCUT2D eigenvalue weighted by Gasteiger charge is -2.23. The van der Waals surface area contributed by atoms with Crippen molar-refractivity contribution in [1.29, 1.82) is 0 Å². The molecule has 1 heterocycles. The molecule has 0 aromatic heterocycles. The maximum absolute atomic E-state index is 13.5. The van der Waals surface area contributed by atoms with Gasteiger partial charge in [0.15, 0.2) is 0 Å². The maximum Gasteiger partial charge on any atom is 0.140 e. The average Bonchev–Trinajstić information content (AvgIpc) is 2.94. The molecule has 0 aromatic rings. The van der Waals surface area contributed by atoms with Crippen LogP contribution in [0.2, 0.25) is 0 Å². The van der Waals surface area contributed by atoms with Gasteiger partial charge in [0.25, 0.3) is 0 Å². The van der Waals surface area contributed by atoms with Gasteiger partial charge in [-0.05, 0) is 19.8 Å². The number of alkyl halides is 2. The highest BCUT2D eigenvalue weighted by Gasteiger charge is 2.46. The van der Waals surface area contributed by atoms with Crippen LogP contribution in [0.4, 0.5) is 4.39 Å². The molecule has 0 spiro atoms. The second kappa shape index (κ2) is 5.67. The van der Waals surface area contributed by atoms with E-state index >= 15 is 0 Å². The van der Waals surface area contributed by atoms with E-state index in [-0.39, 0.29) is 10.2 Å². The molecule has 2 fully saturated rings. The third kappa shape index (κ3) is 3.75. The summed E-state index contributed by atoms with van der Waals surface area (Å²) in [7, 11) is 1.59. The van der Waals surface area contributed by atoms with E-state index < -0.39 is 6.17 Å². The molecule has 1 aliphatic carbocycles. The van der Waals surface area contributed by atoms with Crippen LogP contribution in [0.15, 0.2) is 0 Å². The number of rotatable bonds is 6. The normalized spacial score (nSPS) is 33.9. The summed E-state index contributed by atoms with van der Waals surface area (Å²) in [6.07, 6.45) is 1.35. The molecule has 1 aliphatic heterocycles. The Hall–Kier alpha value is 0.540. The molecule has 3 atom stereocenters. The predicted octanol–water partition coefficient (Wildman–Crippen LogP) is 2.23. The highest BCUT2D eigenvalue weighted by Crippen LogP contribution is 2.47. The van der Waals surface area contributed by atoms with E-state index in [4.69, 9.17) is 9.47 Å². The molecule has 2 rings (SSSR count). The standard InChI is InChI=1S/C12H21FINO2/c1-9(14)17-8-12(3-4-12)7-15-5-10(13)11(6-15)16-2/h9-11H,3-8H2,1-2H3. The Bertz CT molecular complexity index is 261. The van der Waals surface area contributed by atoms with Crippen molar-refractivity contribution in [2.45, 2.75) is 36.2 Å². The first-order chi connectivity index (χ1) is 8.04. The number of hydrogen-bond donors (Lipinski definition) is 0. The summed E-state index contributed by atoms with van der Waals surface area (Å²) >= 11 is 2.27. The Kier molecular flexibility index (Phi) is 4.66. The SMILES string of the molecule is COC1CN(CC2(COC(C)I)CC2)CC1F. The Balaban J connectivity index is 1.77. The summed E-state index contributed by atoms with van der Waals surface area (Å²) in [5.41, 5.74) is 0.293. The van der Waals surface area contributed by atoms with Gasteiger partial charge in [-0.1, -0.05) is 22.6 Å². The van der Waals surface area contributed by atoms with Crippen molar-refractivity contribution >= 4 is 22.6 Å². The molecule has 3 nitrogen and oxygen atoms in total. The molecule has 1 saturated heterocycles. The highest BCUT2D eigenvalue weighted by molar-refractivity contribution is 14.1. The van der Waals surface area contributed by atoms with E-state index in [1.807, 2.05) is 6.92 Å². The van der Waals surface area contributed by atoms with E-state index in [9.17, 15) is 4.39 Å². The van der Waals surface area contributed by atoms with Crippen LogP contribution in [-0.4, -0.2) is 54.6 Å². The van der Waals surface area contributed by atoms with Crippen molar-refractivity contribution in [3.05, 3.63) is 0 Å². The topological polar surface area (TPSA) is 21.7 Å². The van der Waals surface area contributed by atoms with Crippen LogP contribution in [0.1, 0.15) is 19.8 Å². The maximum atomic E-state index is 13.5. The minimum Gasteiger partial charge on any atom is -0.377 e. The second-order valence-corrected chi connectivity index (χ2v) is 7.09. The van der Waals surface area contributed by atoms with Gasteiger partial charge in [-0.25, -0.2) is 4.39 Å². The molecule has 0 aromatic carbocycles. The van der Waals surface area contributed by atoms with Crippen molar-refractivity contribution < 1.29 is 13.9 Å². The Morgan fingerprint density at radius 3 is 2.65 bits per heavy atom. The Labute approximate surface area is 116 Å². The summed E-state index contributed by atoms with van der Waals surface area (Å²) in [5.74, 6) is 0. The molecular formula is C12H21FINO2. The minimum absolute atomic E-state index is 0.241. The lowest BCUT2D eigenvalue weighted by Crippen LogP contribution is -2.32. The van der Waals surface area contributed by atoms with Crippen LogP contribution in [0.5, 0.6) is 0 Å². The predicted molar refractivity (Wildman–Crippen MR) is 73.2 cm³/mol. The molecule has 2 aliphatic rings. The van der Waals surface area contributed by atoms with Crippen LogP contribution < -0.4 is 0 Å². The molecule has 0 N–H and O–H groups in total. The van der Waals surface area contributed by atoms with Gasteiger partial charge in [-0.3, -0.25) is 4.90 Å². The van der Waals surface area contributed by atoms with E-state index in [1.54, 1.807) is 7.11 Å². The zero-order valence-corrected chi connectivity index (χ0v) is 12.7. The second-order valence-electron chi connectivity index (χ2n) is 5.34. The molecule has 0 bridgehead atoms. The fraction of sp³-hybridized carbons (Fsp3) is 1.00. The summed E-state index contributed by atoms with van der Waals surface area (Å²) in [4.78, 5) is 2.19. The van der Waals surface area contributed by atoms with Gasteiger partial charge in [0.05, 0.1) is 6.61 Å². The van der Waals surface area contributed by atoms with Crippen molar-refractivity contribution in [2.75, 3.05) is 33.4 Å². The summed E-state index contributed by atoms with van der Waals surface area (Å²) in [6, 6.07) is 0. The smallest absolute Gasteiger partial charge is 0.140 e. The monoisotopic (exact) mass is 357 g/mol. The molecule has 3 unspecified atom stereocenters. The summed E-state index contributed by atoms with van der Waals surface area (Å²) in [6.45, 7) is 5.04. The van der Waals surface area contributed by atoms with Crippen molar-refractivity contribution in [3.8, 4) is 0 Å². The summed E-state index contributed by atoms with van der Waals surface area (Å²) < 4.78 is 24.6. The third-order valence-corrected chi connectivity index (χ3v) is 4.07. The van der Waals surface area contributed by atoms with Crippen LogP contribution in [-0.2, 0) is 9.47 Å². The zero-order chi connectivity index (χ0) is 12.5. The summed E-state index contributed by atoms with van der Waals surface area (Å²) in [5, 5.41) is 0. The molecule has 100 valence electrons. The quantitative estimate of drug-likeness (QED) is 0.538. The lowest BCUT2D eigenvalue weighted by atomic mass is 10.1. The molecule has 0 amide bonds. The fourth-order valence-electron chi connectivity index (χ4n) is 2.45. The molecule has 5 heteroatoms.